The number of hydrogen-bond donors (Lipinski definition) is 0. The zero-order valence-corrected chi connectivity index (χ0v) is 22.0. The maximum absolute atomic E-state index is 5.36. The van der Waals surface area contributed by atoms with Crippen LogP contribution in [0.25, 0.3) is 11.4 Å². The zero-order chi connectivity index (χ0) is 25.3. The maximum Gasteiger partial charge on any atom is 0.140 e. The lowest BCUT2D eigenvalue weighted by atomic mass is 10.1. The van der Waals surface area contributed by atoms with Gasteiger partial charge in [-0.2, -0.15) is 0 Å². The molecule has 0 fully saturated rings. The summed E-state index contributed by atoms with van der Waals surface area (Å²) in [5.74, 6) is 1.89. The van der Waals surface area contributed by atoms with Crippen molar-refractivity contribution in [1.82, 2.24) is 14.5 Å². The molecule has 1 heterocycles. The highest BCUT2D eigenvalue weighted by molar-refractivity contribution is 5.57. The Kier molecular flexibility index (Phi) is 8.80. The summed E-state index contributed by atoms with van der Waals surface area (Å²) >= 11 is 0. The number of ether oxygens (including phenoxy) is 1. The minimum Gasteiger partial charge on any atom is -0.497 e. The van der Waals surface area contributed by atoms with Gasteiger partial charge in [-0.05, 0) is 53.9 Å². The van der Waals surface area contributed by atoms with E-state index in [1.807, 2.05) is 12.1 Å². The van der Waals surface area contributed by atoms with E-state index in [4.69, 9.17) is 9.72 Å². The number of aromatic nitrogens is 2. The van der Waals surface area contributed by atoms with Crippen LogP contribution < -0.4 is 9.64 Å². The normalized spacial score (nSPS) is 11.1. The average Bonchev–Trinajstić information content (AvgIpc) is 3.30. The fourth-order valence-electron chi connectivity index (χ4n) is 4.47. The Morgan fingerprint density at radius 1 is 0.806 bits per heavy atom. The highest BCUT2D eigenvalue weighted by Gasteiger charge is 2.16. The lowest BCUT2D eigenvalue weighted by Crippen LogP contribution is -2.24. The van der Waals surface area contributed by atoms with E-state index >= 15 is 0 Å². The van der Waals surface area contributed by atoms with E-state index in [2.05, 4.69) is 108 Å². The monoisotopic (exact) mass is 482 g/mol. The van der Waals surface area contributed by atoms with Gasteiger partial charge in [-0.25, -0.2) is 4.98 Å². The topological polar surface area (TPSA) is 33.5 Å². The van der Waals surface area contributed by atoms with E-state index in [1.54, 1.807) is 7.11 Å². The summed E-state index contributed by atoms with van der Waals surface area (Å²) < 4.78 is 7.76. The summed E-state index contributed by atoms with van der Waals surface area (Å²) in [6, 6.07) is 27.8. The van der Waals surface area contributed by atoms with Gasteiger partial charge in [-0.15, -0.1) is 0 Å². The van der Waals surface area contributed by atoms with Crippen LogP contribution in [0.4, 0.5) is 5.69 Å². The molecule has 0 saturated heterocycles. The van der Waals surface area contributed by atoms with Crippen LogP contribution in [0.2, 0.25) is 0 Å². The summed E-state index contributed by atoms with van der Waals surface area (Å²) in [5, 5.41) is 0. The molecule has 1 aromatic heterocycles. The largest absolute Gasteiger partial charge is 0.497 e. The Morgan fingerprint density at radius 2 is 1.47 bits per heavy atom. The van der Waals surface area contributed by atoms with Crippen molar-refractivity contribution in [3.05, 3.63) is 102 Å². The van der Waals surface area contributed by atoms with Gasteiger partial charge in [-0.3, -0.25) is 4.90 Å². The van der Waals surface area contributed by atoms with E-state index in [-0.39, 0.29) is 0 Å². The number of anilines is 1. The second kappa shape index (κ2) is 12.4. The number of benzene rings is 3. The standard InChI is InChI=1S/C31H38N4O/c1-5-6-20-35-29(21-32-31(35)27-14-18-30(36-4)19-15-27)24-34(22-25-10-8-7-9-11-25)23-26-12-16-28(17-13-26)33(2)3/h7-19,21H,5-6,20,22-24H2,1-4H3. The van der Waals surface area contributed by atoms with Crippen molar-refractivity contribution >= 4 is 5.69 Å². The molecule has 0 spiro atoms. The summed E-state index contributed by atoms with van der Waals surface area (Å²) in [5.41, 5.74) is 6.21. The first-order valence-corrected chi connectivity index (χ1v) is 12.8. The molecule has 3 aromatic carbocycles. The molecule has 4 rings (SSSR count). The molecular weight excluding hydrogens is 444 g/mol. The molecule has 0 N–H and O–H groups in total. The van der Waals surface area contributed by atoms with Crippen LogP contribution >= 0.6 is 0 Å². The van der Waals surface area contributed by atoms with E-state index in [0.29, 0.717) is 0 Å². The molecule has 188 valence electrons. The summed E-state index contributed by atoms with van der Waals surface area (Å²) in [6.07, 6.45) is 4.32. The number of unbranched alkanes of at least 4 members (excludes halogenated alkanes) is 1. The van der Waals surface area contributed by atoms with Gasteiger partial charge in [0.1, 0.15) is 11.6 Å². The Balaban J connectivity index is 1.62. The Morgan fingerprint density at radius 3 is 2.08 bits per heavy atom. The number of methoxy groups -OCH3 is 1. The quantitative estimate of drug-likeness (QED) is 0.227. The minimum atomic E-state index is 0.831. The molecule has 0 aliphatic carbocycles. The molecule has 4 aromatic rings. The molecule has 0 aliphatic rings. The second-order valence-corrected chi connectivity index (χ2v) is 9.50. The van der Waals surface area contributed by atoms with Gasteiger partial charge in [-0.1, -0.05) is 55.8 Å². The number of hydrogen-bond acceptors (Lipinski definition) is 4. The third-order valence-electron chi connectivity index (χ3n) is 6.52. The van der Waals surface area contributed by atoms with Crippen LogP contribution in [0.5, 0.6) is 5.75 Å². The van der Waals surface area contributed by atoms with E-state index in [0.717, 1.165) is 56.2 Å². The van der Waals surface area contributed by atoms with Crippen molar-refractivity contribution in [1.29, 1.82) is 0 Å². The Hall–Kier alpha value is -3.57. The molecule has 5 nitrogen and oxygen atoms in total. The number of rotatable bonds is 12. The highest BCUT2D eigenvalue weighted by Crippen LogP contribution is 2.25. The van der Waals surface area contributed by atoms with Crippen LogP contribution in [0, 0.1) is 0 Å². The van der Waals surface area contributed by atoms with Crippen LogP contribution in [0.3, 0.4) is 0 Å². The first-order valence-electron chi connectivity index (χ1n) is 12.8. The molecule has 0 saturated carbocycles. The van der Waals surface area contributed by atoms with Crippen LogP contribution in [0.15, 0.2) is 85.1 Å². The highest BCUT2D eigenvalue weighted by atomic mass is 16.5. The van der Waals surface area contributed by atoms with E-state index in [1.165, 1.54) is 22.5 Å². The van der Waals surface area contributed by atoms with Crippen LogP contribution in [-0.2, 0) is 26.2 Å². The van der Waals surface area contributed by atoms with Crippen molar-refractivity contribution in [3.8, 4) is 17.1 Å². The predicted octanol–water partition coefficient (Wildman–Crippen LogP) is 6.63. The van der Waals surface area contributed by atoms with Gasteiger partial charge in [0.25, 0.3) is 0 Å². The van der Waals surface area contributed by atoms with Crippen molar-refractivity contribution in [2.24, 2.45) is 0 Å². The predicted molar refractivity (Wildman–Crippen MR) is 149 cm³/mol. The van der Waals surface area contributed by atoms with Gasteiger partial charge in [0, 0.05) is 51.5 Å². The molecule has 36 heavy (non-hydrogen) atoms. The van der Waals surface area contributed by atoms with E-state index in [9.17, 15) is 0 Å². The number of nitrogens with zero attached hydrogens (tertiary/aromatic N) is 4. The lowest BCUT2D eigenvalue weighted by Gasteiger charge is -2.24. The average molecular weight is 483 g/mol. The Bertz CT molecular complexity index is 1200. The molecule has 0 amide bonds. The number of imidazole rings is 1. The minimum absolute atomic E-state index is 0.831. The fraction of sp³-hybridized carbons (Fsp3) is 0.323. The van der Waals surface area contributed by atoms with Crippen molar-refractivity contribution < 1.29 is 4.74 Å². The van der Waals surface area contributed by atoms with Gasteiger partial charge in [0.15, 0.2) is 0 Å². The first-order chi connectivity index (χ1) is 17.6. The summed E-state index contributed by atoms with van der Waals surface area (Å²) in [4.78, 5) is 9.53. The summed E-state index contributed by atoms with van der Waals surface area (Å²) in [7, 11) is 5.85. The van der Waals surface area contributed by atoms with Gasteiger partial charge >= 0.3 is 0 Å². The maximum atomic E-state index is 5.36. The van der Waals surface area contributed by atoms with Crippen molar-refractivity contribution in [2.45, 2.75) is 45.9 Å². The van der Waals surface area contributed by atoms with Gasteiger partial charge < -0.3 is 14.2 Å². The van der Waals surface area contributed by atoms with Crippen molar-refractivity contribution in [3.63, 3.8) is 0 Å². The third-order valence-corrected chi connectivity index (χ3v) is 6.52. The molecule has 5 heteroatoms. The van der Waals surface area contributed by atoms with Crippen LogP contribution in [-0.4, -0.2) is 35.7 Å². The molecule has 0 radical (unpaired) electrons. The molecular formula is C31H38N4O. The van der Waals surface area contributed by atoms with E-state index < -0.39 is 0 Å². The lowest BCUT2D eigenvalue weighted by molar-refractivity contribution is 0.241. The van der Waals surface area contributed by atoms with Gasteiger partial charge in [0.2, 0.25) is 0 Å². The Labute approximate surface area is 216 Å². The first kappa shape index (κ1) is 25.5. The fourth-order valence-corrected chi connectivity index (χ4v) is 4.47. The molecule has 0 aliphatic heterocycles. The molecule has 0 unspecified atom stereocenters. The second-order valence-electron chi connectivity index (χ2n) is 9.50. The zero-order valence-electron chi connectivity index (χ0n) is 22.0. The SMILES string of the molecule is CCCCn1c(CN(Cc2ccccc2)Cc2ccc(N(C)C)cc2)cnc1-c1ccc(OC)cc1. The third kappa shape index (κ3) is 6.55. The van der Waals surface area contributed by atoms with Crippen molar-refractivity contribution in [2.75, 3.05) is 26.1 Å². The van der Waals surface area contributed by atoms with Crippen LogP contribution in [0.1, 0.15) is 36.6 Å². The van der Waals surface area contributed by atoms with Gasteiger partial charge in [0.05, 0.1) is 19.0 Å². The molecule has 0 atom stereocenters. The smallest absolute Gasteiger partial charge is 0.140 e. The summed E-state index contributed by atoms with van der Waals surface area (Å²) in [6.45, 7) is 5.79. The molecule has 0 bridgehead atoms.